The molecule has 0 aliphatic heterocycles. The van der Waals surface area contributed by atoms with Gasteiger partial charge in [-0.3, -0.25) is 9.59 Å². The van der Waals surface area contributed by atoms with Gasteiger partial charge in [0, 0.05) is 6.54 Å². The maximum absolute atomic E-state index is 11.8. The molecule has 0 radical (unpaired) electrons. The van der Waals surface area contributed by atoms with Crippen LogP contribution < -0.4 is 5.32 Å². The first kappa shape index (κ1) is 13.6. The Hall–Kier alpha value is -1.84. The zero-order valence-corrected chi connectivity index (χ0v) is 11.3. The SMILES string of the molecule is Cc1cccc(C)c1CCNC(=O)C1(C(=O)O)CC1. The summed E-state index contributed by atoms with van der Waals surface area (Å²) in [5.74, 6) is -1.34. The van der Waals surface area contributed by atoms with E-state index in [9.17, 15) is 9.59 Å². The number of carbonyl (C=O) groups is 2. The van der Waals surface area contributed by atoms with Crippen molar-refractivity contribution in [3.8, 4) is 0 Å². The van der Waals surface area contributed by atoms with Crippen LogP contribution in [0, 0.1) is 19.3 Å². The van der Waals surface area contributed by atoms with E-state index in [0.717, 1.165) is 6.42 Å². The third-order valence-corrected chi connectivity index (χ3v) is 3.90. The smallest absolute Gasteiger partial charge is 0.319 e. The fourth-order valence-corrected chi connectivity index (χ4v) is 2.38. The molecule has 1 fully saturated rings. The lowest BCUT2D eigenvalue weighted by Gasteiger charge is -2.13. The number of carbonyl (C=O) groups excluding carboxylic acids is 1. The van der Waals surface area contributed by atoms with Crippen LogP contribution in [0.15, 0.2) is 18.2 Å². The Balaban J connectivity index is 1.91. The van der Waals surface area contributed by atoms with Gasteiger partial charge in [-0.2, -0.15) is 0 Å². The molecule has 1 aromatic carbocycles. The van der Waals surface area contributed by atoms with Crippen molar-refractivity contribution in [2.75, 3.05) is 6.54 Å². The molecule has 0 atom stereocenters. The van der Waals surface area contributed by atoms with Gasteiger partial charge < -0.3 is 10.4 Å². The average Bonchev–Trinajstić information content (AvgIpc) is 3.14. The standard InChI is InChI=1S/C15H19NO3/c1-10-4-3-5-11(2)12(10)6-9-16-13(17)15(7-8-15)14(18)19/h3-5H,6-9H2,1-2H3,(H,16,17)(H,18,19). The summed E-state index contributed by atoms with van der Waals surface area (Å²) in [7, 11) is 0. The predicted molar refractivity (Wildman–Crippen MR) is 71.9 cm³/mol. The van der Waals surface area contributed by atoms with Gasteiger partial charge >= 0.3 is 5.97 Å². The molecule has 19 heavy (non-hydrogen) atoms. The van der Waals surface area contributed by atoms with Gasteiger partial charge in [-0.15, -0.1) is 0 Å². The highest BCUT2D eigenvalue weighted by Gasteiger charge is 2.56. The van der Waals surface area contributed by atoms with E-state index in [1.54, 1.807) is 0 Å². The first-order valence-corrected chi connectivity index (χ1v) is 6.54. The first-order chi connectivity index (χ1) is 8.97. The van der Waals surface area contributed by atoms with E-state index in [1.165, 1.54) is 16.7 Å². The Labute approximate surface area is 112 Å². The summed E-state index contributed by atoms with van der Waals surface area (Å²) in [5, 5.41) is 11.8. The highest BCUT2D eigenvalue weighted by molar-refractivity contribution is 6.04. The fourth-order valence-electron chi connectivity index (χ4n) is 2.38. The van der Waals surface area contributed by atoms with E-state index in [4.69, 9.17) is 5.11 Å². The summed E-state index contributed by atoms with van der Waals surface area (Å²) in [4.78, 5) is 22.8. The Bertz CT molecular complexity index is 498. The number of amides is 1. The molecule has 4 nitrogen and oxygen atoms in total. The molecule has 0 heterocycles. The number of rotatable bonds is 5. The van der Waals surface area contributed by atoms with E-state index in [2.05, 4.69) is 5.32 Å². The van der Waals surface area contributed by atoms with Gasteiger partial charge in [-0.1, -0.05) is 18.2 Å². The lowest BCUT2D eigenvalue weighted by atomic mass is 10.00. The van der Waals surface area contributed by atoms with Gasteiger partial charge in [0.1, 0.15) is 5.41 Å². The van der Waals surface area contributed by atoms with E-state index in [-0.39, 0.29) is 5.91 Å². The van der Waals surface area contributed by atoms with Crippen molar-refractivity contribution >= 4 is 11.9 Å². The summed E-state index contributed by atoms with van der Waals surface area (Å²) in [6.07, 6.45) is 1.65. The average molecular weight is 261 g/mol. The van der Waals surface area contributed by atoms with Crippen LogP contribution in [0.1, 0.15) is 29.5 Å². The minimum absolute atomic E-state index is 0.341. The summed E-state index contributed by atoms with van der Waals surface area (Å²) in [6, 6.07) is 6.10. The van der Waals surface area contributed by atoms with Gasteiger partial charge in [-0.25, -0.2) is 0 Å². The second-order valence-electron chi connectivity index (χ2n) is 5.26. The molecule has 1 aliphatic carbocycles. The normalized spacial score (nSPS) is 15.9. The largest absolute Gasteiger partial charge is 0.480 e. The van der Waals surface area contributed by atoms with E-state index < -0.39 is 11.4 Å². The van der Waals surface area contributed by atoms with Crippen LogP contribution in [0.4, 0.5) is 0 Å². The predicted octanol–water partition coefficient (Wildman–Crippen LogP) is 1.83. The van der Waals surface area contributed by atoms with Crippen LogP contribution in [-0.2, 0) is 16.0 Å². The number of carboxylic acids is 1. The van der Waals surface area contributed by atoms with Crippen molar-refractivity contribution in [3.05, 3.63) is 34.9 Å². The van der Waals surface area contributed by atoms with Crippen molar-refractivity contribution in [3.63, 3.8) is 0 Å². The third-order valence-electron chi connectivity index (χ3n) is 3.90. The molecule has 1 amide bonds. The Morgan fingerprint density at radius 2 is 1.84 bits per heavy atom. The number of nitrogens with one attached hydrogen (secondary N) is 1. The lowest BCUT2D eigenvalue weighted by Crippen LogP contribution is -2.38. The second-order valence-corrected chi connectivity index (χ2v) is 5.26. The topological polar surface area (TPSA) is 66.4 Å². The number of benzene rings is 1. The van der Waals surface area contributed by atoms with Gasteiger partial charge in [0.2, 0.25) is 5.91 Å². The second kappa shape index (κ2) is 5.03. The zero-order chi connectivity index (χ0) is 14.0. The molecular weight excluding hydrogens is 242 g/mol. The van der Waals surface area contributed by atoms with E-state index >= 15 is 0 Å². The lowest BCUT2D eigenvalue weighted by molar-refractivity contribution is -0.149. The molecule has 0 unspecified atom stereocenters. The molecule has 2 N–H and O–H groups in total. The van der Waals surface area contributed by atoms with E-state index in [0.29, 0.717) is 19.4 Å². The van der Waals surface area contributed by atoms with Crippen LogP contribution in [0.5, 0.6) is 0 Å². The summed E-state index contributed by atoms with van der Waals surface area (Å²) in [5.41, 5.74) is 2.49. The molecule has 4 heteroatoms. The van der Waals surface area contributed by atoms with Gasteiger partial charge in [0.05, 0.1) is 0 Å². The van der Waals surface area contributed by atoms with Gasteiger partial charge in [0.15, 0.2) is 0 Å². The minimum Gasteiger partial charge on any atom is -0.480 e. The molecule has 0 aromatic heterocycles. The first-order valence-electron chi connectivity index (χ1n) is 6.54. The molecule has 102 valence electrons. The van der Waals surface area contributed by atoms with Crippen molar-refractivity contribution in [1.82, 2.24) is 5.32 Å². The summed E-state index contributed by atoms with van der Waals surface area (Å²) >= 11 is 0. The molecular formula is C15H19NO3. The molecule has 1 aromatic rings. The van der Waals surface area contributed by atoms with Gasteiger partial charge in [-0.05, 0) is 49.8 Å². The number of aryl methyl sites for hydroxylation is 2. The van der Waals surface area contributed by atoms with Gasteiger partial charge in [0.25, 0.3) is 0 Å². The number of aliphatic carboxylic acids is 1. The number of hydrogen-bond acceptors (Lipinski definition) is 2. The highest BCUT2D eigenvalue weighted by Crippen LogP contribution is 2.46. The molecule has 0 bridgehead atoms. The fraction of sp³-hybridized carbons (Fsp3) is 0.467. The Morgan fingerprint density at radius 3 is 2.32 bits per heavy atom. The van der Waals surface area contributed by atoms with Crippen LogP contribution in [0.25, 0.3) is 0 Å². The number of carboxylic acid groups (broad SMARTS) is 1. The molecule has 1 aliphatic rings. The molecule has 0 spiro atoms. The summed E-state index contributed by atoms with van der Waals surface area (Å²) in [6.45, 7) is 4.58. The van der Waals surface area contributed by atoms with Crippen LogP contribution in [0.2, 0.25) is 0 Å². The van der Waals surface area contributed by atoms with Crippen LogP contribution >= 0.6 is 0 Å². The van der Waals surface area contributed by atoms with Crippen LogP contribution in [-0.4, -0.2) is 23.5 Å². The molecule has 1 saturated carbocycles. The summed E-state index contributed by atoms with van der Waals surface area (Å²) < 4.78 is 0. The third kappa shape index (κ3) is 2.62. The zero-order valence-electron chi connectivity index (χ0n) is 11.3. The highest BCUT2D eigenvalue weighted by atomic mass is 16.4. The number of hydrogen-bond donors (Lipinski definition) is 2. The minimum atomic E-state index is -1.14. The van der Waals surface area contributed by atoms with Crippen LogP contribution in [0.3, 0.4) is 0 Å². The Morgan fingerprint density at radius 1 is 1.26 bits per heavy atom. The van der Waals surface area contributed by atoms with E-state index in [1.807, 2.05) is 32.0 Å². The molecule has 2 rings (SSSR count). The van der Waals surface area contributed by atoms with Crippen molar-refractivity contribution < 1.29 is 14.7 Å². The van der Waals surface area contributed by atoms with Crippen molar-refractivity contribution in [2.45, 2.75) is 33.1 Å². The Kier molecular flexibility index (Phi) is 3.60. The monoisotopic (exact) mass is 261 g/mol. The van der Waals surface area contributed by atoms with Crippen molar-refractivity contribution in [2.24, 2.45) is 5.41 Å². The van der Waals surface area contributed by atoms with Crippen molar-refractivity contribution in [1.29, 1.82) is 0 Å². The quantitative estimate of drug-likeness (QED) is 0.795. The molecule has 0 saturated heterocycles. The maximum atomic E-state index is 11.8. The maximum Gasteiger partial charge on any atom is 0.319 e.